The van der Waals surface area contributed by atoms with Crippen LogP contribution >= 0.6 is 0 Å². The summed E-state index contributed by atoms with van der Waals surface area (Å²) in [5.41, 5.74) is 2.60. The normalized spacial score (nSPS) is 14.6. The van der Waals surface area contributed by atoms with Gasteiger partial charge in [0.2, 0.25) is 0 Å². The van der Waals surface area contributed by atoms with Crippen LogP contribution in [0.4, 0.5) is 11.6 Å². The Kier molecular flexibility index (Phi) is 5.55. The highest BCUT2D eigenvalue weighted by atomic mass is 16.5. The lowest BCUT2D eigenvalue weighted by Gasteiger charge is -2.10. The molecule has 0 bridgehead atoms. The molecule has 1 aromatic heterocycles. The predicted molar refractivity (Wildman–Crippen MR) is 80.6 cm³/mol. The highest BCUT2D eigenvalue weighted by Gasteiger charge is 2.27. The van der Waals surface area contributed by atoms with Crippen LogP contribution in [-0.4, -0.2) is 29.7 Å². The number of nitrogens with two attached hydrogens (primary N) is 1. The van der Waals surface area contributed by atoms with Crippen molar-refractivity contribution in [1.82, 2.24) is 9.97 Å². The van der Waals surface area contributed by atoms with E-state index in [9.17, 15) is 0 Å². The molecule has 0 aliphatic heterocycles. The van der Waals surface area contributed by atoms with Crippen molar-refractivity contribution in [3.63, 3.8) is 0 Å². The minimum Gasteiger partial charge on any atom is -0.381 e. The van der Waals surface area contributed by atoms with Gasteiger partial charge in [0.1, 0.15) is 17.5 Å². The molecule has 4 N–H and O–H groups in total. The van der Waals surface area contributed by atoms with Crippen molar-refractivity contribution in [2.75, 3.05) is 30.5 Å². The van der Waals surface area contributed by atoms with Crippen molar-refractivity contribution >= 4 is 11.6 Å². The fourth-order valence-corrected chi connectivity index (χ4v) is 1.86. The molecule has 2 rings (SSSR count). The molecule has 0 atom stereocenters. The van der Waals surface area contributed by atoms with Crippen LogP contribution in [0.15, 0.2) is 6.07 Å². The summed E-state index contributed by atoms with van der Waals surface area (Å²) < 4.78 is 5.54. The third-order valence-electron chi connectivity index (χ3n) is 3.06. The summed E-state index contributed by atoms with van der Waals surface area (Å²) in [6.07, 6.45) is 3.31. The molecule has 0 aromatic carbocycles. The number of ether oxygens (including phenoxy) is 1. The Morgan fingerprint density at radius 2 is 2.10 bits per heavy atom. The lowest BCUT2D eigenvalue weighted by atomic mass is 10.2. The molecule has 1 aliphatic rings. The number of hydrogen-bond donors (Lipinski definition) is 3. The summed E-state index contributed by atoms with van der Waals surface area (Å²) in [7, 11) is 0. The van der Waals surface area contributed by atoms with E-state index in [0.29, 0.717) is 17.7 Å². The maximum atomic E-state index is 5.54. The predicted octanol–water partition coefficient (Wildman–Crippen LogP) is 2.11. The fourth-order valence-electron chi connectivity index (χ4n) is 1.86. The lowest BCUT2D eigenvalue weighted by Crippen LogP contribution is -2.13. The standard InChI is InChI=1S/C14H25N5O/c1-10(2)9-20-7-3-6-16-12-8-13(19-15)18-14(17-12)11-4-5-11/h8,10-11H,3-7,9,15H2,1-2H3,(H2,16,17,18,19). The molecule has 6 heteroatoms. The molecule has 112 valence electrons. The van der Waals surface area contributed by atoms with Gasteiger partial charge < -0.3 is 15.5 Å². The minimum atomic E-state index is 0.512. The second-order valence-corrected chi connectivity index (χ2v) is 5.66. The first-order valence-corrected chi connectivity index (χ1v) is 7.36. The highest BCUT2D eigenvalue weighted by molar-refractivity contribution is 5.47. The largest absolute Gasteiger partial charge is 0.381 e. The number of nitrogens with one attached hydrogen (secondary N) is 2. The molecule has 1 fully saturated rings. The van der Waals surface area contributed by atoms with Gasteiger partial charge in [-0.1, -0.05) is 13.8 Å². The summed E-state index contributed by atoms with van der Waals surface area (Å²) in [4.78, 5) is 8.91. The Morgan fingerprint density at radius 3 is 2.75 bits per heavy atom. The Balaban J connectivity index is 1.75. The van der Waals surface area contributed by atoms with Crippen molar-refractivity contribution in [1.29, 1.82) is 0 Å². The molecule has 0 radical (unpaired) electrons. The molecule has 1 aromatic rings. The van der Waals surface area contributed by atoms with Crippen LogP contribution in [-0.2, 0) is 4.74 Å². The average molecular weight is 279 g/mol. The highest BCUT2D eigenvalue weighted by Crippen LogP contribution is 2.38. The van der Waals surface area contributed by atoms with Gasteiger partial charge in [0.05, 0.1) is 0 Å². The van der Waals surface area contributed by atoms with Gasteiger partial charge in [-0.3, -0.25) is 0 Å². The SMILES string of the molecule is CC(C)COCCCNc1cc(NN)nc(C2CC2)n1. The molecular formula is C14H25N5O. The molecule has 0 saturated heterocycles. The van der Waals surface area contributed by atoms with Gasteiger partial charge in [-0.2, -0.15) is 0 Å². The molecule has 1 aliphatic carbocycles. The maximum absolute atomic E-state index is 5.54. The second-order valence-electron chi connectivity index (χ2n) is 5.66. The first-order valence-electron chi connectivity index (χ1n) is 7.36. The average Bonchev–Trinajstić information content (AvgIpc) is 3.26. The van der Waals surface area contributed by atoms with E-state index in [1.54, 1.807) is 0 Å². The zero-order valence-electron chi connectivity index (χ0n) is 12.4. The fraction of sp³-hybridized carbons (Fsp3) is 0.714. The zero-order chi connectivity index (χ0) is 14.4. The monoisotopic (exact) mass is 279 g/mol. The van der Waals surface area contributed by atoms with Crippen molar-refractivity contribution in [3.8, 4) is 0 Å². The zero-order valence-corrected chi connectivity index (χ0v) is 12.4. The summed E-state index contributed by atoms with van der Waals surface area (Å²) in [6.45, 7) is 6.73. The van der Waals surface area contributed by atoms with E-state index in [1.807, 2.05) is 6.07 Å². The van der Waals surface area contributed by atoms with Gasteiger partial charge in [0.15, 0.2) is 0 Å². The topological polar surface area (TPSA) is 85.1 Å². The number of anilines is 2. The van der Waals surface area contributed by atoms with E-state index in [1.165, 1.54) is 12.8 Å². The van der Waals surface area contributed by atoms with Crippen LogP contribution in [0.1, 0.15) is 44.9 Å². The van der Waals surface area contributed by atoms with Crippen molar-refractivity contribution in [2.45, 2.75) is 39.0 Å². The number of rotatable bonds is 9. The van der Waals surface area contributed by atoms with Gasteiger partial charge >= 0.3 is 0 Å². The van der Waals surface area contributed by atoms with E-state index in [-0.39, 0.29) is 0 Å². The summed E-state index contributed by atoms with van der Waals surface area (Å²) in [5.74, 6) is 8.93. The van der Waals surface area contributed by atoms with Crippen molar-refractivity contribution < 1.29 is 4.74 Å². The molecule has 0 amide bonds. The third-order valence-corrected chi connectivity index (χ3v) is 3.06. The van der Waals surface area contributed by atoms with Crippen LogP contribution in [0.2, 0.25) is 0 Å². The van der Waals surface area contributed by atoms with E-state index in [0.717, 1.165) is 37.8 Å². The Hall–Kier alpha value is -1.40. The summed E-state index contributed by atoms with van der Waals surface area (Å²) in [6, 6.07) is 1.83. The first kappa shape index (κ1) is 15.0. The Labute approximate surface area is 120 Å². The molecule has 0 unspecified atom stereocenters. The Bertz CT molecular complexity index is 420. The number of nitrogen functional groups attached to an aromatic ring is 1. The second kappa shape index (κ2) is 7.40. The van der Waals surface area contributed by atoms with Gasteiger partial charge in [0.25, 0.3) is 0 Å². The van der Waals surface area contributed by atoms with Crippen LogP contribution in [0.5, 0.6) is 0 Å². The van der Waals surface area contributed by atoms with E-state index < -0.39 is 0 Å². The molecular weight excluding hydrogens is 254 g/mol. The minimum absolute atomic E-state index is 0.512. The van der Waals surface area contributed by atoms with Gasteiger partial charge in [-0.05, 0) is 25.2 Å². The van der Waals surface area contributed by atoms with Crippen LogP contribution in [0.25, 0.3) is 0 Å². The van der Waals surface area contributed by atoms with Gasteiger partial charge in [0, 0.05) is 31.7 Å². The molecule has 20 heavy (non-hydrogen) atoms. The van der Waals surface area contributed by atoms with Crippen molar-refractivity contribution in [3.05, 3.63) is 11.9 Å². The summed E-state index contributed by atoms with van der Waals surface area (Å²) in [5, 5.41) is 3.30. The van der Waals surface area contributed by atoms with Crippen LogP contribution in [0, 0.1) is 5.92 Å². The quantitative estimate of drug-likeness (QED) is 0.365. The number of hydrogen-bond acceptors (Lipinski definition) is 6. The molecule has 1 saturated carbocycles. The van der Waals surface area contributed by atoms with E-state index >= 15 is 0 Å². The number of aromatic nitrogens is 2. The lowest BCUT2D eigenvalue weighted by molar-refractivity contribution is 0.110. The number of nitrogens with zero attached hydrogens (tertiary/aromatic N) is 2. The molecule has 1 heterocycles. The van der Waals surface area contributed by atoms with Gasteiger partial charge in [-0.25, -0.2) is 15.8 Å². The van der Waals surface area contributed by atoms with E-state index in [2.05, 4.69) is 34.6 Å². The van der Waals surface area contributed by atoms with Crippen molar-refractivity contribution in [2.24, 2.45) is 11.8 Å². The number of hydrazine groups is 1. The third kappa shape index (κ3) is 4.94. The van der Waals surface area contributed by atoms with Crippen LogP contribution in [0.3, 0.4) is 0 Å². The Morgan fingerprint density at radius 1 is 1.35 bits per heavy atom. The van der Waals surface area contributed by atoms with E-state index in [4.69, 9.17) is 10.6 Å². The smallest absolute Gasteiger partial charge is 0.145 e. The maximum Gasteiger partial charge on any atom is 0.145 e. The van der Waals surface area contributed by atoms with Gasteiger partial charge in [-0.15, -0.1) is 0 Å². The van der Waals surface area contributed by atoms with Crippen LogP contribution < -0.4 is 16.6 Å². The summed E-state index contributed by atoms with van der Waals surface area (Å²) >= 11 is 0. The first-order chi connectivity index (χ1) is 9.69. The molecule has 0 spiro atoms. The molecule has 6 nitrogen and oxygen atoms in total.